The topological polar surface area (TPSA) is 71.1 Å². The van der Waals surface area contributed by atoms with Crippen LogP contribution in [0.25, 0.3) is 0 Å². The van der Waals surface area contributed by atoms with Gasteiger partial charge in [-0.15, -0.1) is 0 Å². The van der Waals surface area contributed by atoms with Gasteiger partial charge in [0, 0.05) is 32.7 Å². The van der Waals surface area contributed by atoms with Gasteiger partial charge in [-0.3, -0.25) is 4.90 Å². The van der Waals surface area contributed by atoms with Gasteiger partial charge in [-0.2, -0.15) is 0 Å². The van der Waals surface area contributed by atoms with Crippen molar-refractivity contribution >= 4 is 5.84 Å². The fraction of sp³-hybridized carbons (Fsp3) is 0.909. The molecule has 0 aliphatic heterocycles. The predicted molar refractivity (Wildman–Crippen MR) is 63.7 cm³/mol. The van der Waals surface area contributed by atoms with Crippen LogP contribution in [0, 0.1) is 5.92 Å². The maximum atomic E-state index is 8.50. The third-order valence-electron chi connectivity index (χ3n) is 3.25. The van der Waals surface area contributed by atoms with Gasteiger partial charge in [0.15, 0.2) is 0 Å². The van der Waals surface area contributed by atoms with Crippen molar-refractivity contribution in [3.63, 3.8) is 0 Å². The molecule has 0 aromatic heterocycles. The summed E-state index contributed by atoms with van der Waals surface area (Å²) in [4.78, 5) is 2.36. The molecule has 5 heteroatoms. The number of ether oxygens (including phenoxy) is 1. The molecule has 1 aliphatic carbocycles. The molecular formula is C11H23N3O2. The molecule has 94 valence electrons. The molecule has 0 aromatic rings. The summed E-state index contributed by atoms with van der Waals surface area (Å²) < 4.78 is 5.10. The summed E-state index contributed by atoms with van der Waals surface area (Å²) in [7, 11) is 1.71. The molecule has 0 bridgehead atoms. The first-order valence-electron chi connectivity index (χ1n) is 5.88. The minimum Gasteiger partial charge on any atom is -0.409 e. The first-order valence-corrected chi connectivity index (χ1v) is 5.88. The summed E-state index contributed by atoms with van der Waals surface area (Å²) in [6.45, 7) is 4.72. The Balaban J connectivity index is 2.36. The highest BCUT2D eigenvalue weighted by molar-refractivity contribution is 5.79. The monoisotopic (exact) mass is 229 g/mol. The zero-order valence-electron chi connectivity index (χ0n) is 10.2. The number of hydrogen-bond donors (Lipinski definition) is 2. The molecule has 1 rings (SSSR count). The fourth-order valence-corrected chi connectivity index (χ4v) is 1.91. The van der Waals surface area contributed by atoms with Gasteiger partial charge in [0.2, 0.25) is 0 Å². The number of nitrogens with zero attached hydrogens (tertiary/aromatic N) is 2. The van der Waals surface area contributed by atoms with Crippen LogP contribution in [0.15, 0.2) is 5.16 Å². The van der Waals surface area contributed by atoms with E-state index in [4.69, 9.17) is 15.7 Å². The Labute approximate surface area is 97.2 Å². The van der Waals surface area contributed by atoms with E-state index in [-0.39, 0.29) is 0 Å². The number of methoxy groups -OCH3 is 1. The molecule has 0 amide bonds. The van der Waals surface area contributed by atoms with E-state index in [0.717, 1.165) is 25.6 Å². The second-order valence-corrected chi connectivity index (χ2v) is 4.45. The molecule has 1 fully saturated rings. The van der Waals surface area contributed by atoms with Gasteiger partial charge >= 0.3 is 0 Å². The Morgan fingerprint density at radius 1 is 1.56 bits per heavy atom. The number of hydrogen-bond acceptors (Lipinski definition) is 4. The molecule has 1 saturated carbocycles. The lowest BCUT2D eigenvalue weighted by Crippen LogP contribution is -2.39. The van der Waals surface area contributed by atoms with E-state index in [0.29, 0.717) is 18.3 Å². The SMILES string of the molecule is COCCN(CCC(N)=NO)C(C)C1CC1. The summed E-state index contributed by atoms with van der Waals surface area (Å²) in [5, 5.41) is 11.5. The van der Waals surface area contributed by atoms with Crippen molar-refractivity contribution in [1.29, 1.82) is 0 Å². The largest absolute Gasteiger partial charge is 0.409 e. The predicted octanol–water partition coefficient (Wildman–Crippen LogP) is 0.870. The van der Waals surface area contributed by atoms with Crippen LogP contribution in [0.5, 0.6) is 0 Å². The minimum absolute atomic E-state index is 0.297. The Bertz CT molecular complexity index is 229. The fourth-order valence-electron chi connectivity index (χ4n) is 1.91. The van der Waals surface area contributed by atoms with E-state index in [9.17, 15) is 0 Å². The van der Waals surface area contributed by atoms with Crippen molar-refractivity contribution in [3.8, 4) is 0 Å². The van der Waals surface area contributed by atoms with Crippen LogP contribution in [0.4, 0.5) is 0 Å². The summed E-state index contributed by atoms with van der Waals surface area (Å²) in [6.07, 6.45) is 3.26. The molecule has 1 aliphatic rings. The van der Waals surface area contributed by atoms with Crippen LogP contribution < -0.4 is 5.73 Å². The van der Waals surface area contributed by atoms with Crippen LogP contribution in [0.3, 0.4) is 0 Å². The third kappa shape index (κ3) is 4.37. The van der Waals surface area contributed by atoms with Gasteiger partial charge in [0.25, 0.3) is 0 Å². The molecule has 16 heavy (non-hydrogen) atoms. The molecule has 0 saturated heterocycles. The zero-order valence-corrected chi connectivity index (χ0v) is 10.2. The first-order chi connectivity index (χ1) is 7.69. The van der Waals surface area contributed by atoms with Crippen LogP contribution in [-0.2, 0) is 4.74 Å². The van der Waals surface area contributed by atoms with Crippen LogP contribution in [0.2, 0.25) is 0 Å². The van der Waals surface area contributed by atoms with Gasteiger partial charge in [-0.25, -0.2) is 0 Å². The van der Waals surface area contributed by atoms with Gasteiger partial charge in [0.05, 0.1) is 6.61 Å². The lowest BCUT2D eigenvalue weighted by Gasteiger charge is -2.28. The third-order valence-corrected chi connectivity index (χ3v) is 3.25. The van der Waals surface area contributed by atoms with E-state index >= 15 is 0 Å². The lowest BCUT2D eigenvalue weighted by molar-refractivity contribution is 0.119. The maximum absolute atomic E-state index is 8.50. The molecule has 5 nitrogen and oxygen atoms in total. The van der Waals surface area contributed by atoms with Gasteiger partial charge in [-0.05, 0) is 25.7 Å². The van der Waals surface area contributed by atoms with Crippen LogP contribution in [0.1, 0.15) is 26.2 Å². The lowest BCUT2D eigenvalue weighted by atomic mass is 10.1. The average molecular weight is 229 g/mol. The van der Waals surface area contributed by atoms with Crippen LogP contribution in [-0.4, -0.2) is 48.8 Å². The van der Waals surface area contributed by atoms with Crippen molar-refractivity contribution < 1.29 is 9.94 Å². The Kier molecular flexibility index (Phi) is 5.55. The Morgan fingerprint density at radius 2 is 2.25 bits per heavy atom. The van der Waals surface area contributed by atoms with Crippen molar-refractivity contribution in [1.82, 2.24) is 4.90 Å². The standard InChI is InChI=1S/C11H23N3O2/c1-9(10-3-4-10)14(7-8-16-2)6-5-11(12)13-15/h9-10,15H,3-8H2,1-2H3,(H2,12,13). The maximum Gasteiger partial charge on any atom is 0.140 e. The van der Waals surface area contributed by atoms with E-state index in [2.05, 4.69) is 17.0 Å². The van der Waals surface area contributed by atoms with Gasteiger partial charge < -0.3 is 15.7 Å². The van der Waals surface area contributed by atoms with Crippen molar-refractivity contribution in [2.24, 2.45) is 16.8 Å². The van der Waals surface area contributed by atoms with E-state index in [1.165, 1.54) is 12.8 Å². The average Bonchev–Trinajstić information content (AvgIpc) is 3.11. The molecule has 0 heterocycles. The number of amidine groups is 1. The molecule has 3 N–H and O–H groups in total. The van der Waals surface area contributed by atoms with E-state index in [1.807, 2.05) is 0 Å². The number of rotatable bonds is 8. The second kappa shape index (κ2) is 6.70. The zero-order chi connectivity index (χ0) is 12.0. The highest BCUT2D eigenvalue weighted by atomic mass is 16.5. The molecule has 0 spiro atoms. The Morgan fingerprint density at radius 3 is 2.75 bits per heavy atom. The normalized spacial score (nSPS) is 19.1. The minimum atomic E-state index is 0.297. The molecule has 1 atom stereocenters. The van der Waals surface area contributed by atoms with E-state index in [1.54, 1.807) is 7.11 Å². The smallest absolute Gasteiger partial charge is 0.140 e. The summed E-state index contributed by atoms with van der Waals surface area (Å²) in [6, 6.07) is 0.571. The van der Waals surface area contributed by atoms with Gasteiger partial charge in [-0.1, -0.05) is 5.16 Å². The molecule has 0 radical (unpaired) electrons. The first kappa shape index (κ1) is 13.3. The highest BCUT2D eigenvalue weighted by Crippen LogP contribution is 2.35. The number of nitrogens with two attached hydrogens (primary N) is 1. The van der Waals surface area contributed by atoms with Crippen molar-refractivity contribution in [2.45, 2.75) is 32.2 Å². The quantitative estimate of drug-likeness (QED) is 0.280. The summed E-state index contributed by atoms with van der Waals surface area (Å²) in [5.41, 5.74) is 5.48. The molecular weight excluding hydrogens is 206 g/mol. The summed E-state index contributed by atoms with van der Waals surface area (Å²) >= 11 is 0. The van der Waals surface area contributed by atoms with Crippen molar-refractivity contribution in [3.05, 3.63) is 0 Å². The Hall–Kier alpha value is -0.810. The summed E-state index contributed by atoms with van der Waals surface area (Å²) in [5.74, 6) is 1.12. The highest BCUT2D eigenvalue weighted by Gasteiger charge is 2.31. The van der Waals surface area contributed by atoms with Gasteiger partial charge in [0.1, 0.15) is 5.84 Å². The second-order valence-electron chi connectivity index (χ2n) is 4.45. The van der Waals surface area contributed by atoms with E-state index < -0.39 is 0 Å². The van der Waals surface area contributed by atoms with Crippen molar-refractivity contribution in [2.75, 3.05) is 26.8 Å². The molecule has 1 unspecified atom stereocenters. The number of oxime groups is 1. The molecule has 0 aromatic carbocycles. The van der Waals surface area contributed by atoms with Crippen LogP contribution >= 0.6 is 0 Å².